The van der Waals surface area contributed by atoms with Gasteiger partial charge in [0.05, 0.1) is 24.6 Å². The van der Waals surface area contributed by atoms with Gasteiger partial charge in [-0.3, -0.25) is 4.79 Å². The van der Waals surface area contributed by atoms with Crippen LogP contribution in [-0.4, -0.2) is 51.8 Å². The summed E-state index contributed by atoms with van der Waals surface area (Å²) in [6.45, 7) is 5.73. The molecule has 1 N–H and O–H groups in total. The van der Waals surface area contributed by atoms with Crippen LogP contribution in [0.4, 0.5) is 0 Å². The van der Waals surface area contributed by atoms with Crippen molar-refractivity contribution in [1.82, 2.24) is 25.0 Å². The Hall–Kier alpha value is -1.77. The van der Waals surface area contributed by atoms with Gasteiger partial charge in [-0.15, -0.1) is 21.5 Å². The van der Waals surface area contributed by atoms with Crippen molar-refractivity contribution in [2.45, 2.75) is 44.9 Å². The molecule has 2 aromatic rings. The number of likely N-dealkylation sites (tertiary alicyclic amines) is 1. The third-order valence-corrected chi connectivity index (χ3v) is 6.86. The van der Waals surface area contributed by atoms with Crippen molar-refractivity contribution in [1.29, 1.82) is 0 Å². The van der Waals surface area contributed by atoms with Crippen LogP contribution in [0.15, 0.2) is 6.07 Å². The maximum atomic E-state index is 12.9. The lowest BCUT2D eigenvalue weighted by Crippen LogP contribution is -2.38. The number of fused-ring (bicyclic) bond motifs is 2. The molecule has 8 heteroatoms. The Bertz CT molecular complexity index is 798. The summed E-state index contributed by atoms with van der Waals surface area (Å²) >= 11 is 1.65. The molecular formula is C18H23N5O2S. The molecule has 1 amide bonds. The van der Waals surface area contributed by atoms with Gasteiger partial charge in [-0.25, -0.2) is 0 Å². The van der Waals surface area contributed by atoms with E-state index in [0.29, 0.717) is 12.5 Å². The molecule has 138 valence electrons. The number of hydrogen-bond acceptors (Lipinski definition) is 6. The van der Waals surface area contributed by atoms with Gasteiger partial charge in [0.25, 0.3) is 5.91 Å². The van der Waals surface area contributed by atoms with E-state index in [-0.39, 0.29) is 5.91 Å². The average molecular weight is 373 g/mol. The summed E-state index contributed by atoms with van der Waals surface area (Å²) in [7, 11) is 0. The lowest BCUT2D eigenvalue weighted by Gasteiger charge is -2.31. The second kappa shape index (κ2) is 6.75. The summed E-state index contributed by atoms with van der Waals surface area (Å²) in [6.07, 6.45) is 2.86. The Morgan fingerprint density at radius 3 is 3.00 bits per heavy atom. The number of amides is 1. The first-order valence-electron chi connectivity index (χ1n) is 9.41. The number of ether oxygens (including phenoxy) is 1. The second-order valence-electron chi connectivity index (χ2n) is 7.23. The van der Waals surface area contributed by atoms with E-state index >= 15 is 0 Å². The van der Waals surface area contributed by atoms with Gasteiger partial charge in [0.15, 0.2) is 0 Å². The number of carbonyl (C=O) groups is 1. The number of aromatic nitrogens is 3. The number of hydrogen-bond donors (Lipinski definition) is 1. The van der Waals surface area contributed by atoms with Crippen molar-refractivity contribution in [2.24, 2.45) is 0 Å². The fourth-order valence-corrected chi connectivity index (χ4v) is 5.28. The van der Waals surface area contributed by atoms with E-state index in [2.05, 4.69) is 20.1 Å². The molecule has 3 aliphatic rings. The van der Waals surface area contributed by atoms with Gasteiger partial charge >= 0.3 is 0 Å². The first-order chi connectivity index (χ1) is 12.8. The molecule has 0 radical (unpaired) electrons. The average Bonchev–Trinajstić information content (AvgIpc) is 3.32. The van der Waals surface area contributed by atoms with E-state index in [1.54, 1.807) is 11.3 Å². The summed E-state index contributed by atoms with van der Waals surface area (Å²) in [5.41, 5.74) is 1.20. The molecular weight excluding hydrogens is 350 g/mol. The summed E-state index contributed by atoms with van der Waals surface area (Å²) in [4.78, 5) is 17.1. The van der Waals surface area contributed by atoms with Crippen LogP contribution in [-0.2, 0) is 30.9 Å². The van der Waals surface area contributed by atoms with Crippen LogP contribution in [0.1, 0.15) is 50.5 Å². The Kier molecular flexibility index (Phi) is 4.26. The first kappa shape index (κ1) is 16.4. The molecule has 1 fully saturated rings. The normalized spacial score (nSPS) is 20.7. The molecule has 5 heterocycles. The predicted octanol–water partition coefficient (Wildman–Crippen LogP) is 1.54. The van der Waals surface area contributed by atoms with E-state index < -0.39 is 0 Å². The molecule has 0 aromatic carbocycles. The zero-order valence-corrected chi connectivity index (χ0v) is 15.6. The molecule has 0 bridgehead atoms. The van der Waals surface area contributed by atoms with Gasteiger partial charge in [-0.2, -0.15) is 0 Å². The Morgan fingerprint density at radius 2 is 2.15 bits per heavy atom. The van der Waals surface area contributed by atoms with Gasteiger partial charge < -0.3 is 19.5 Å². The lowest BCUT2D eigenvalue weighted by molar-refractivity contribution is 0.0714. The van der Waals surface area contributed by atoms with Gasteiger partial charge in [0.2, 0.25) is 0 Å². The zero-order valence-electron chi connectivity index (χ0n) is 14.7. The fraction of sp³-hybridized carbons (Fsp3) is 0.611. The van der Waals surface area contributed by atoms with Crippen molar-refractivity contribution in [2.75, 3.05) is 26.2 Å². The van der Waals surface area contributed by atoms with Gasteiger partial charge in [0, 0.05) is 43.4 Å². The van der Waals surface area contributed by atoms with Crippen molar-refractivity contribution >= 4 is 17.2 Å². The number of piperidine rings is 1. The van der Waals surface area contributed by atoms with Crippen LogP contribution in [0.3, 0.4) is 0 Å². The third kappa shape index (κ3) is 2.86. The number of rotatable bonds is 2. The molecule has 2 aromatic heterocycles. The molecule has 0 saturated carbocycles. The summed E-state index contributed by atoms with van der Waals surface area (Å²) in [5.74, 6) is 2.73. The molecule has 0 aliphatic carbocycles. The highest BCUT2D eigenvalue weighted by Gasteiger charge is 2.30. The van der Waals surface area contributed by atoms with Crippen LogP contribution in [0, 0.1) is 0 Å². The summed E-state index contributed by atoms with van der Waals surface area (Å²) in [6, 6.07) is 2.04. The first-order valence-corrected chi connectivity index (χ1v) is 10.2. The van der Waals surface area contributed by atoms with E-state index in [9.17, 15) is 4.79 Å². The topological polar surface area (TPSA) is 72.3 Å². The van der Waals surface area contributed by atoms with Crippen molar-refractivity contribution in [3.05, 3.63) is 33.0 Å². The van der Waals surface area contributed by atoms with Crippen LogP contribution >= 0.6 is 11.3 Å². The van der Waals surface area contributed by atoms with Gasteiger partial charge in [0.1, 0.15) is 11.6 Å². The van der Waals surface area contributed by atoms with E-state index in [4.69, 9.17) is 4.74 Å². The highest BCUT2D eigenvalue weighted by atomic mass is 32.1. The van der Waals surface area contributed by atoms with E-state index in [1.165, 1.54) is 10.4 Å². The minimum absolute atomic E-state index is 0.176. The van der Waals surface area contributed by atoms with Crippen molar-refractivity contribution in [3.63, 3.8) is 0 Å². The number of nitrogens with zero attached hydrogens (tertiary/aromatic N) is 4. The highest BCUT2D eigenvalue weighted by molar-refractivity contribution is 7.14. The molecule has 1 saturated heterocycles. The van der Waals surface area contributed by atoms with E-state index in [0.717, 1.165) is 75.1 Å². The zero-order chi connectivity index (χ0) is 17.5. The predicted molar refractivity (Wildman–Crippen MR) is 97.3 cm³/mol. The van der Waals surface area contributed by atoms with Crippen LogP contribution in [0.2, 0.25) is 0 Å². The third-order valence-electron chi connectivity index (χ3n) is 5.64. The van der Waals surface area contributed by atoms with Crippen LogP contribution in [0.5, 0.6) is 0 Å². The maximum Gasteiger partial charge on any atom is 0.263 e. The summed E-state index contributed by atoms with van der Waals surface area (Å²) < 4.78 is 7.77. The maximum absolute atomic E-state index is 12.9. The quantitative estimate of drug-likeness (QED) is 0.864. The molecule has 3 aliphatic heterocycles. The minimum atomic E-state index is 0.176. The van der Waals surface area contributed by atoms with Gasteiger partial charge in [-0.05, 0) is 24.5 Å². The molecule has 7 nitrogen and oxygen atoms in total. The second-order valence-corrected chi connectivity index (χ2v) is 8.37. The highest BCUT2D eigenvalue weighted by Crippen LogP contribution is 2.31. The van der Waals surface area contributed by atoms with Crippen LogP contribution < -0.4 is 5.32 Å². The fourth-order valence-electron chi connectivity index (χ4n) is 4.17. The minimum Gasteiger partial charge on any atom is -0.376 e. The largest absolute Gasteiger partial charge is 0.376 e. The SMILES string of the molecule is O=C(c1cc2c(s1)CCOC2)N1CCC(c2nnc3n2CCNC3)CC1. The molecule has 0 atom stereocenters. The molecule has 0 spiro atoms. The monoisotopic (exact) mass is 373 g/mol. The summed E-state index contributed by atoms with van der Waals surface area (Å²) in [5, 5.41) is 12.1. The van der Waals surface area contributed by atoms with E-state index in [1.807, 2.05) is 11.0 Å². The molecule has 0 unspecified atom stereocenters. The van der Waals surface area contributed by atoms with Crippen LogP contribution in [0.25, 0.3) is 0 Å². The number of thiophene rings is 1. The smallest absolute Gasteiger partial charge is 0.263 e. The number of nitrogens with one attached hydrogen (secondary N) is 1. The standard InChI is InChI=1S/C18H23N5O2S/c24-18(15-9-13-11-25-8-3-14(13)26-15)22-5-1-12(2-6-22)17-21-20-16-10-19-4-7-23(16)17/h9,12,19H,1-8,10-11H2. The number of carbonyl (C=O) groups excluding carboxylic acids is 1. The van der Waals surface area contributed by atoms with Crippen molar-refractivity contribution in [3.8, 4) is 0 Å². The molecule has 5 rings (SSSR count). The Labute approximate surface area is 156 Å². The van der Waals surface area contributed by atoms with Gasteiger partial charge in [-0.1, -0.05) is 0 Å². The lowest BCUT2D eigenvalue weighted by atomic mass is 9.95. The molecule has 26 heavy (non-hydrogen) atoms. The van der Waals surface area contributed by atoms with Crippen molar-refractivity contribution < 1.29 is 9.53 Å². The Balaban J connectivity index is 1.26. The Morgan fingerprint density at radius 1 is 1.27 bits per heavy atom.